The number of pyridine rings is 1. The van der Waals surface area contributed by atoms with Crippen LogP contribution < -0.4 is 11.1 Å². The van der Waals surface area contributed by atoms with Gasteiger partial charge in [-0.05, 0) is 43.4 Å². The first-order valence-electron chi connectivity index (χ1n) is 7.13. The van der Waals surface area contributed by atoms with Crippen LogP contribution in [0.2, 0.25) is 0 Å². The third-order valence-corrected chi connectivity index (χ3v) is 4.65. The molecule has 0 bridgehead atoms. The number of hydrogen-bond donors (Lipinski definition) is 2. The summed E-state index contributed by atoms with van der Waals surface area (Å²) < 4.78 is 0. The lowest BCUT2D eigenvalue weighted by Gasteiger charge is -2.15. The van der Waals surface area contributed by atoms with E-state index < -0.39 is 0 Å². The van der Waals surface area contributed by atoms with Crippen LogP contribution in [0, 0.1) is 0 Å². The number of fused-ring (bicyclic) bond motifs is 1. The van der Waals surface area contributed by atoms with E-state index in [9.17, 15) is 4.79 Å². The van der Waals surface area contributed by atoms with Crippen molar-refractivity contribution in [2.24, 2.45) is 5.73 Å². The standard InChI is InChI=1S/C15H18N4OS/c16-11-2-3-12-13(9-11)21-15(18-12)19-14(20)4-1-10-5-7-17-8-6-10/h5-8,11H,1-4,9,16H2,(H,18,19,20)/t11-/m0/s1. The average molecular weight is 302 g/mol. The molecule has 0 spiro atoms. The van der Waals surface area contributed by atoms with Crippen molar-refractivity contribution in [3.8, 4) is 0 Å². The quantitative estimate of drug-likeness (QED) is 0.904. The Morgan fingerprint density at radius 2 is 2.24 bits per heavy atom. The first-order chi connectivity index (χ1) is 10.2. The van der Waals surface area contributed by atoms with E-state index in [1.54, 1.807) is 23.7 Å². The van der Waals surface area contributed by atoms with Crippen LogP contribution in [0.25, 0.3) is 0 Å². The largest absolute Gasteiger partial charge is 0.327 e. The smallest absolute Gasteiger partial charge is 0.226 e. The van der Waals surface area contributed by atoms with Gasteiger partial charge in [0.15, 0.2) is 5.13 Å². The van der Waals surface area contributed by atoms with E-state index in [-0.39, 0.29) is 11.9 Å². The third kappa shape index (κ3) is 3.65. The van der Waals surface area contributed by atoms with Crippen LogP contribution in [0.1, 0.15) is 29.0 Å². The van der Waals surface area contributed by atoms with Crippen molar-refractivity contribution in [3.05, 3.63) is 40.7 Å². The van der Waals surface area contributed by atoms with Gasteiger partial charge in [0.1, 0.15) is 0 Å². The number of carbonyl (C=O) groups excluding carboxylic acids is 1. The number of aryl methyl sites for hydroxylation is 2. The van der Waals surface area contributed by atoms with Gasteiger partial charge in [-0.1, -0.05) is 0 Å². The topological polar surface area (TPSA) is 80.9 Å². The minimum Gasteiger partial charge on any atom is -0.327 e. The lowest BCUT2D eigenvalue weighted by molar-refractivity contribution is -0.116. The molecule has 1 amide bonds. The molecule has 1 atom stereocenters. The number of thiazole rings is 1. The molecule has 1 aliphatic rings. The summed E-state index contributed by atoms with van der Waals surface area (Å²) >= 11 is 1.56. The third-order valence-electron chi connectivity index (χ3n) is 3.61. The van der Waals surface area contributed by atoms with Crippen LogP contribution >= 0.6 is 11.3 Å². The summed E-state index contributed by atoms with van der Waals surface area (Å²) in [5.74, 6) is 0.00204. The minimum absolute atomic E-state index is 0.00204. The average Bonchev–Trinajstić information content (AvgIpc) is 2.87. The van der Waals surface area contributed by atoms with Crippen LogP contribution in [0.4, 0.5) is 5.13 Å². The highest BCUT2D eigenvalue weighted by atomic mass is 32.1. The Kier molecular flexibility index (Phi) is 4.26. The Hall–Kier alpha value is -1.79. The molecule has 0 radical (unpaired) electrons. The van der Waals surface area contributed by atoms with Crippen molar-refractivity contribution in [1.82, 2.24) is 9.97 Å². The van der Waals surface area contributed by atoms with Crippen molar-refractivity contribution >= 4 is 22.4 Å². The van der Waals surface area contributed by atoms with Gasteiger partial charge in [0.2, 0.25) is 5.91 Å². The van der Waals surface area contributed by atoms with E-state index in [0.29, 0.717) is 18.0 Å². The number of rotatable bonds is 4. The van der Waals surface area contributed by atoms with E-state index >= 15 is 0 Å². The molecule has 2 aromatic rings. The Morgan fingerprint density at radius 3 is 3.05 bits per heavy atom. The summed E-state index contributed by atoms with van der Waals surface area (Å²) in [5.41, 5.74) is 8.18. The lowest BCUT2D eigenvalue weighted by atomic mass is 9.99. The van der Waals surface area contributed by atoms with E-state index in [1.807, 2.05) is 12.1 Å². The molecule has 1 aliphatic carbocycles. The number of nitrogens with one attached hydrogen (secondary N) is 1. The summed E-state index contributed by atoms with van der Waals surface area (Å²) in [5, 5.41) is 3.60. The molecule has 0 aliphatic heterocycles. The van der Waals surface area contributed by atoms with Crippen molar-refractivity contribution in [2.45, 2.75) is 38.1 Å². The van der Waals surface area contributed by atoms with Gasteiger partial charge in [0.05, 0.1) is 5.69 Å². The fourth-order valence-corrected chi connectivity index (χ4v) is 3.56. The molecular weight excluding hydrogens is 284 g/mol. The Balaban J connectivity index is 1.55. The van der Waals surface area contributed by atoms with Crippen molar-refractivity contribution in [3.63, 3.8) is 0 Å². The van der Waals surface area contributed by atoms with Crippen molar-refractivity contribution in [1.29, 1.82) is 0 Å². The fourth-order valence-electron chi connectivity index (χ4n) is 2.44. The molecule has 21 heavy (non-hydrogen) atoms. The van der Waals surface area contributed by atoms with E-state index in [4.69, 9.17) is 5.73 Å². The van der Waals surface area contributed by atoms with Crippen LogP contribution in [-0.4, -0.2) is 21.9 Å². The van der Waals surface area contributed by atoms with Gasteiger partial charge < -0.3 is 11.1 Å². The second-order valence-electron chi connectivity index (χ2n) is 5.30. The monoisotopic (exact) mass is 302 g/mol. The minimum atomic E-state index is 0.00204. The zero-order valence-corrected chi connectivity index (χ0v) is 12.5. The molecule has 6 heteroatoms. The lowest BCUT2D eigenvalue weighted by Crippen LogP contribution is -2.27. The normalized spacial score (nSPS) is 17.3. The number of amides is 1. The molecule has 3 rings (SSSR count). The van der Waals surface area contributed by atoms with Gasteiger partial charge in [-0.2, -0.15) is 0 Å². The van der Waals surface area contributed by atoms with Gasteiger partial charge in [0, 0.05) is 29.7 Å². The number of hydrogen-bond acceptors (Lipinski definition) is 5. The first kappa shape index (κ1) is 14.2. The summed E-state index contributed by atoms with van der Waals surface area (Å²) in [4.78, 5) is 21.7. The predicted molar refractivity (Wildman–Crippen MR) is 83.3 cm³/mol. The second kappa shape index (κ2) is 6.32. The number of anilines is 1. The predicted octanol–water partition coefficient (Wildman–Crippen LogP) is 1.93. The van der Waals surface area contributed by atoms with E-state index in [0.717, 1.165) is 30.5 Å². The number of nitrogens with zero attached hydrogens (tertiary/aromatic N) is 2. The highest BCUT2D eigenvalue weighted by molar-refractivity contribution is 7.15. The Labute approximate surface area is 127 Å². The van der Waals surface area contributed by atoms with Gasteiger partial charge in [0.25, 0.3) is 0 Å². The molecule has 3 N–H and O–H groups in total. The molecule has 5 nitrogen and oxygen atoms in total. The molecule has 0 saturated carbocycles. The van der Waals surface area contributed by atoms with Gasteiger partial charge >= 0.3 is 0 Å². The maximum Gasteiger partial charge on any atom is 0.226 e. The highest BCUT2D eigenvalue weighted by Gasteiger charge is 2.20. The molecule has 0 unspecified atom stereocenters. The molecule has 0 fully saturated rings. The fraction of sp³-hybridized carbons (Fsp3) is 0.400. The van der Waals surface area contributed by atoms with Gasteiger partial charge in [-0.15, -0.1) is 11.3 Å². The summed E-state index contributed by atoms with van der Waals surface area (Å²) in [6.45, 7) is 0. The molecule has 110 valence electrons. The van der Waals surface area contributed by atoms with Crippen molar-refractivity contribution < 1.29 is 4.79 Å². The molecule has 0 saturated heterocycles. The van der Waals surface area contributed by atoms with E-state index in [2.05, 4.69) is 15.3 Å². The molecule has 0 aromatic carbocycles. The maximum atomic E-state index is 12.0. The number of nitrogens with two attached hydrogens (primary N) is 1. The van der Waals surface area contributed by atoms with Gasteiger partial charge in [-0.25, -0.2) is 4.98 Å². The van der Waals surface area contributed by atoms with Crippen LogP contribution in [0.3, 0.4) is 0 Å². The number of aromatic nitrogens is 2. The Morgan fingerprint density at radius 1 is 1.43 bits per heavy atom. The second-order valence-corrected chi connectivity index (χ2v) is 6.38. The van der Waals surface area contributed by atoms with Crippen molar-refractivity contribution in [2.75, 3.05) is 5.32 Å². The van der Waals surface area contributed by atoms with Crippen LogP contribution in [0.5, 0.6) is 0 Å². The summed E-state index contributed by atoms with van der Waals surface area (Å²) in [6.07, 6.45) is 7.42. The van der Waals surface area contributed by atoms with E-state index in [1.165, 1.54) is 4.88 Å². The molecule has 2 heterocycles. The van der Waals surface area contributed by atoms with Crippen LogP contribution in [-0.2, 0) is 24.1 Å². The summed E-state index contributed by atoms with van der Waals surface area (Å²) in [7, 11) is 0. The molecule has 2 aromatic heterocycles. The zero-order valence-electron chi connectivity index (χ0n) is 11.7. The summed E-state index contributed by atoms with van der Waals surface area (Å²) in [6, 6.07) is 4.08. The highest BCUT2D eigenvalue weighted by Crippen LogP contribution is 2.29. The van der Waals surface area contributed by atoms with Gasteiger partial charge in [-0.3, -0.25) is 9.78 Å². The SMILES string of the molecule is N[C@H]1CCc2nc(NC(=O)CCc3ccncc3)sc2C1. The maximum absolute atomic E-state index is 12.0. The molecular formula is C15H18N4OS. The van der Waals surface area contributed by atoms with Crippen LogP contribution in [0.15, 0.2) is 24.5 Å². The Bertz CT molecular complexity index is 626. The zero-order chi connectivity index (χ0) is 14.7. The number of carbonyl (C=O) groups is 1. The first-order valence-corrected chi connectivity index (χ1v) is 7.95.